The predicted octanol–water partition coefficient (Wildman–Crippen LogP) is 2.42. The lowest BCUT2D eigenvalue weighted by Gasteiger charge is -2.14. The van der Waals surface area contributed by atoms with E-state index in [1.807, 2.05) is 13.8 Å². The van der Waals surface area contributed by atoms with Gasteiger partial charge in [0.05, 0.1) is 29.1 Å². The Hall–Kier alpha value is -1.75. The first-order valence-electron chi connectivity index (χ1n) is 7.02. The van der Waals surface area contributed by atoms with Gasteiger partial charge in [-0.3, -0.25) is 0 Å². The molecule has 3 N–H and O–H groups in total. The molecule has 110 valence electrons. The van der Waals surface area contributed by atoms with Crippen molar-refractivity contribution in [3.05, 3.63) is 23.8 Å². The molecular formula is C15H22N2O3. The molecule has 0 bridgehead atoms. The molecule has 0 aliphatic carbocycles. The van der Waals surface area contributed by atoms with E-state index in [9.17, 15) is 4.79 Å². The molecule has 5 nitrogen and oxygen atoms in total. The van der Waals surface area contributed by atoms with Crippen molar-refractivity contribution in [2.75, 3.05) is 24.2 Å². The van der Waals surface area contributed by atoms with Crippen molar-refractivity contribution in [1.82, 2.24) is 0 Å². The number of nitrogen functional groups attached to an aromatic ring is 1. The Labute approximate surface area is 119 Å². The van der Waals surface area contributed by atoms with E-state index in [-0.39, 0.29) is 18.2 Å². The highest BCUT2D eigenvalue weighted by Crippen LogP contribution is 2.22. The minimum absolute atomic E-state index is 0.138. The molecule has 0 amide bonds. The number of carbonyl (C=O) groups excluding carboxylic acids is 1. The van der Waals surface area contributed by atoms with Gasteiger partial charge in [0.15, 0.2) is 0 Å². The standard InChI is InChI=1S/C15H22N2O3/c1-10(2)20-15(18)11-5-6-14(13(16)8-11)17-9-12-4-3-7-19-12/h5-6,8,10,12,17H,3-4,7,9,16H2,1-2H3/t12-/m0/s1. The number of hydrogen-bond acceptors (Lipinski definition) is 5. The number of benzene rings is 1. The fourth-order valence-corrected chi connectivity index (χ4v) is 2.16. The topological polar surface area (TPSA) is 73.6 Å². The van der Waals surface area contributed by atoms with Crippen LogP contribution in [0.25, 0.3) is 0 Å². The second kappa shape index (κ2) is 6.61. The van der Waals surface area contributed by atoms with Crippen LogP contribution in [0.5, 0.6) is 0 Å². The summed E-state index contributed by atoms with van der Waals surface area (Å²) in [7, 11) is 0. The normalized spacial score (nSPS) is 18.2. The molecule has 5 heteroatoms. The number of nitrogens with two attached hydrogens (primary N) is 1. The number of ether oxygens (including phenoxy) is 2. The molecule has 0 saturated carbocycles. The summed E-state index contributed by atoms with van der Waals surface area (Å²) in [6.45, 7) is 5.21. The molecule has 1 fully saturated rings. The van der Waals surface area contributed by atoms with E-state index in [2.05, 4.69) is 5.32 Å². The maximum absolute atomic E-state index is 11.8. The van der Waals surface area contributed by atoms with Crippen molar-refractivity contribution < 1.29 is 14.3 Å². The maximum Gasteiger partial charge on any atom is 0.338 e. The lowest BCUT2D eigenvalue weighted by atomic mass is 10.1. The first kappa shape index (κ1) is 14.7. The molecule has 20 heavy (non-hydrogen) atoms. The van der Waals surface area contributed by atoms with Gasteiger partial charge in [0.1, 0.15) is 0 Å². The van der Waals surface area contributed by atoms with Gasteiger partial charge >= 0.3 is 5.97 Å². The summed E-state index contributed by atoms with van der Waals surface area (Å²) in [6, 6.07) is 5.17. The third-order valence-electron chi connectivity index (χ3n) is 3.17. The van der Waals surface area contributed by atoms with Gasteiger partial charge < -0.3 is 20.5 Å². The Balaban J connectivity index is 1.96. The van der Waals surface area contributed by atoms with Crippen molar-refractivity contribution in [3.63, 3.8) is 0 Å². The summed E-state index contributed by atoms with van der Waals surface area (Å²) in [5.41, 5.74) is 7.80. The molecule has 2 rings (SSSR count). The number of esters is 1. The highest BCUT2D eigenvalue weighted by Gasteiger charge is 2.16. The highest BCUT2D eigenvalue weighted by atomic mass is 16.5. The smallest absolute Gasteiger partial charge is 0.338 e. The van der Waals surface area contributed by atoms with E-state index in [0.717, 1.165) is 31.7 Å². The summed E-state index contributed by atoms with van der Waals surface area (Å²) in [4.78, 5) is 11.8. The van der Waals surface area contributed by atoms with E-state index in [1.165, 1.54) is 0 Å². The third-order valence-corrected chi connectivity index (χ3v) is 3.17. The summed E-state index contributed by atoms with van der Waals surface area (Å²) in [6.07, 6.45) is 2.30. The minimum Gasteiger partial charge on any atom is -0.459 e. The summed E-state index contributed by atoms with van der Waals surface area (Å²) < 4.78 is 10.7. The summed E-state index contributed by atoms with van der Waals surface area (Å²) >= 11 is 0. The first-order valence-corrected chi connectivity index (χ1v) is 7.02. The van der Waals surface area contributed by atoms with Crippen molar-refractivity contribution in [2.24, 2.45) is 0 Å². The second-order valence-corrected chi connectivity index (χ2v) is 5.27. The third kappa shape index (κ3) is 3.87. The number of nitrogens with one attached hydrogen (secondary N) is 1. The van der Waals surface area contributed by atoms with Gasteiger partial charge in [0.25, 0.3) is 0 Å². The van der Waals surface area contributed by atoms with E-state index in [1.54, 1.807) is 18.2 Å². The Morgan fingerprint density at radius 3 is 2.95 bits per heavy atom. The summed E-state index contributed by atoms with van der Waals surface area (Å²) in [5, 5.41) is 3.26. The van der Waals surface area contributed by atoms with E-state index < -0.39 is 0 Å². The predicted molar refractivity (Wildman–Crippen MR) is 78.9 cm³/mol. The first-order chi connectivity index (χ1) is 9.56. The van der Waals surface area contributed by atoms with Gasteiger partial charge in [0.2, 0.25) is 0 Å². The quantitative estimate of drug-likeness (QED) is 0.639. The molecule has 1 aromatic carbocycles. The van der Waals surface area contributed by atoms with E-state index in [4.69, 9.17) is 15.2 Å². The van der Waals surface area contributed by atoms with Gasteiger partial charge in [0, 0.05) is 13.2 Å². The van der Waals surface area contributed by atoms with Crippen molar-refractivity contribution >= 4 is 17.3 Å². The van der Waals surface area contributed by atoms with Gasteiger partial charge in [-0.2, -0.15) is 0 Å². The number of hydrogen-bond donors (Lipinski definition) is 2. The van der Waals surface area contributed by atoms with Crippen LogP contribution in [0.4, 0.5) is 11.4 Å². The molecule has 0 unspecified atom stereocenters. The zero-order chi connectivity index (χ0) is 14.5. The molecule has 0 aromatic heterocycles. The Kier molecular flexibility index (Phi) is 4.84. The van der Waals surface area contributed by atoms with Gasteiger partial charge in [-0.1, -0.05) is 0 Å². The molecule has 1 saturated heterocycles. The lowest BCUT2D eigenvalue weighted by molar-refractivity contribution is 0.0378. The van der Waals surface area contributed by atoms with Crippen LogP contribution in [0.1, 0.15) is 37.0 Å². The SMILES string of the molecule is CC(C)OC(=O)c1ccc(NC[C@@H]2CCCO2)c(N)c1. The van der Waals surface area contributed by atoms with Crippen LogP contribution in [0.15, 0.2) is 18.2 Å². The zero-order valence-electron chi connectivity index (χ0n) is 12.0. The average Bonchev–Trinajstić information content (AvgIpc) is 2.89. The van der Waals surface area contributed by atoms with Gasteiger partial charge in [-0.15, -0.1) is 0 Å². The molecule has 1 aliphatic heterocycles. The Bertz CT molecular complexity index is 468. The Morgan fingerprint density at radius 2 is 2.35 bits per heavy atom. The van der Waals surface area contributed by atoms with E-state index in [0.29, 0.717) is 11.3 Å². The largest absolute Gasteiger partial charge is 0.459 e. The van der Waals surface area contributed by atoms with Crippen LogP contribution in [0.2, 0.25) is 0 Å². The molecule has 1 heterocycles. The molecule has 1 aromatic rings. The number of anilines is 2. The van der Waals surface area contributed by atoms with Gasteiger partial charge in [-0.25, -0.2) is 4.79 Å². The minimum atomic E-state index is -0.350. The maximum atomic E-state index is 11.8. The van der Waals surface area contributed by atoms with E-state index >= 15 is 0 Å². The van der Waals surface area contributed by atoms with Crippen LogP contribution in [0.3, 0.4) is 0 Å². The fourth-order valence-electron chi connectivity index (χ4n) is 2.16. The molecule has 1 aliphatic rings. The average molecular weight is 278 g/mol. The Morgan fingerprint density at radius 1 is 1.55 bits per heavy atom. The molecule has 1 atom stereocenters. The van der Waals surface area contributed by atoms with Crippen molar-refractivity contribution in [1.29, 1.82) is 0 Å². The number of carbonyl (C=O) groups is 1. The highest BCUT2D eigenvalue weighted by molar-refractivity contribution is 5.92. The molecule has 0 spiro atoms. The van der Waals surface area contributed by atoms with Crippen LogP contribution < -0.4 is 11.1 Å². The zero-order valence-corrected chi connectivity index (χ0v) is 12.0. The number of rotatable bonds is 5. The van der Waals surface area contributed by atoms with Crippen LogP contribution in [0, 0.1) is 0 Å². The molecule has 0 radical (unpaired) electrons. The molecular weight excluding hydrogens is 256 g/mol. The van der Waals surface area contributed by atoms with Crippen LogP contribution in [-0.4, -0.2) is 31.3 Å². The monoisotopic (exact) mass is 278 g/mol. The van der Waals surface area contributed by atoms with Crippen molar-refractivity contribution in [2.45, 2.75) is 38.9 Å². The lowest BCUT2D eigenvalue weighted by Crippen LogP contribution is -2.19. The summed E-state index contributed by atoms with van der Waals surface area (Å²) in [5.74, 6) is -0.350. The van der Waals surface area contributed by atoms with Crippen LogP contribution >= 0.6 is 0 Å². The second-order valence-electron chi connectivity index (χ2n) is 5.27. The van der Waals surface area contributed by atoms with Crippen molar-refractivity contribution in [3.8, 4) is 0 Å². The fraction of sp³-hybridized carbons (Fsp3) is 0.533. The van der Waals surface area contributed by atoms with Gasteiger partial charge in [-0.05, 0) is 44.9 Å². The van der Waals surface area contributed by atoms with Crippen LogP contribution in [-0.2, 0) is 9.47 Å².